The molecular formula is C7H14N6O3S. The summed E-state index contributed by atoms with van der Waals surface area (Å²) in [5, 5.41) is 13.2. The number of hydrogen-bond donors (Lipinski definition) is 5. The molecule has 0 aliphatic rings. The number of rotatable bonds is 7. The molecule has 1 aromatic rings. The Bertz CT molecular complexity index is 482. The summed E-state index contributed by atoms with van der Waals surface area (Å²) in [6.45, 7) is 0.388. The molecule has 1 aromatic heterocycles. The van der Waals surface area contributed by atoms with E-state index in [0.29, 0.717) is 0 Å². The lowest BCUT2D eigenvalue weighted by molar-refractivity contribution is 0.204. The molecule has 0 radical (unpaired) electrons. The third-order valence-corrected chi connectivity index (χ3v) is 2.82. The lowest BCUT2D eigenvalue weighted by atomic mass is 10.3. The second-order valence-electron chi connectivity index (χ2n) is 3.06. The van der Waals surface area contributed by atoms with Gasteiger partial charge in [0.05, 0.1) is 18.4 Å². The first-order chi connectivity index (χ1) is 7.96. The topological polar surface area (TPSA) is 146 Å². The molecule has 0 amide bonds. The molecule has 0 fully saturated rings. The number of H-pyrrole nitrogens is 1. The summed E-state index contributed by atoms with van der Waals surface area (Å²) in [5.41, 5.74) is 5.43. The number of aromatic amines is 1. The number of methoxy groups -OCH3 is 1. The van der Waals surface area contributed by atoms with Gasteiger partial charge in [-0.15, -0.1) is 0 Å². The van der Waals surface area contributed by atoms with Gasteiger partial charge in [0.15, 0.2) is 0 Å². The molecule has 10 heteroatoms. The zero-order chi connectivity index (χ0) is 12.9. The van der Waals surface area contributed by atoms with Crippen LogP contribution in [0, 0.1) is 5.41 Å². The van der Waals surface area contributed by atoms with Crippen LogP contribution in [0.4, 0.5) is 5.82 Å². The van der Waals surface area contributed by atoms with Gasteiger partial charge in [0.25, 0.3) is 10.2 Å². The highest BCUT2D eigenvalue weighted by Gasteiger charge is 2.14. The fourth-order valence-corrected chi connectivity index (χ4v) is 1.87. The summed E-state index contributed by atoms with van der Waals surface area (Å²) >= 11 is 0. The molecule has 1 rings (SSSR count). The van der Waals surface area contributed by atoms with Gasteiger partial charge in [-0.1, -0.05) is 0 Å². The van der Waals surface area contributed by atoms with E-state index >= 15 is 0 Å². The Kier molecular flexibility index (Phi) is 4.43. The fraction of sp³-hybridized carbons (Fsp3) is 0.429. The third kappa shape index (κ3) is 4.01. The van der Waals surface area contributed by atoms with Gasteiger partial charge in [-0.05, 0) is 0 Å². The Morgan fingerprint density at radius 2 is 2.41 bits per heavy atom. The van der Waals surface area contributed by atoms with E-state index in [-0.39, 0.29) is 30.4 Å². The number of anilines is 1. The predicted molar refractivity (Wildman–Crippen MR) is 62.0 cm³/mol. The number of nitrogens with zero attached hydrogens (tertiary/aromatic N) is 1. The fourth-order valence-electron chi connectivity index (χ4n) is 1.02. The van der Waals surface area contributed by atoms with Crippen molar-refractivity contribution in [3.8, 4) is 0 Å². The summed E-state index contributed by atoms with van der Waals surface area (Å²) in [6.07, 6.45) is 1.26. The van der Waals surface area contributed by atoms with Crippen molar-refractivity contribution in [2.75, 3.05) is 25.0 Å². The predicted octanol–water partition coefficient (Wildman–Crippen LogP) is -1.41. The highest BCUT2D eigenvalue weighted by molar-refractivity contribution is 7.90. The Labute approximate surface area is 98.4 Å². The molecule has 0 aliphatic carbocycles. The molecule has 17 heavy (non-hydrogen) atoms. The van der Waals surface area contributed by atoms with E-state index in [0.717, 1.165) is 0 Å². The van der Waals surface area contributed by atoms with Crippen LogP contribution in [0.2, 0.25) is 0 Å². The highest BCUT2D eigenvalue weighted by Crippen LogP contribution is 2.10. The number of hydrogen-bond acceptors (Lipinski definition) is 5. The van der Waals surface area contributed by atoms with Gasteiger partial charge < -0.3 is 10.5 Å². The van der Waals surface area contributed by atoms with Crippen LogP contribution >= 0.6 is 0 Å². The van der Waals surface area contributed by atoms with Crippen molar-refractivity contribution < 1.29 is 13.2 Å². The first kappa shape index (κ1) is 13.4. The van der Waals surface area contributed by atoms with Crippen molar-refractivity contribution in [1.82, 2.24) is 14.9 Å². The second kappa shape index (κ2) is 5.61. The lowest BCUT2D eigenvalue weighted by Gasteiger charge is -2.08. The summed E-state index contributed by atoms with van der Waals surface area (Å²) < 4.78 is 32.1. The van der Waals surface area contributed by atoms with Crippen molar-refractivity contribution in [1.29, 1.82) is 5.41 Å². The van der Waals surface area contributed by atoms with E-state index in [9.17, 15) is 8.42 Å². The molecular weight excluding hydrogens is 248 g/mol. The molecule has 0 bridgehead atoms. The number of nitrogens with two attached hydrogens (primary N) is 1. The van der Waals surface area contributed by atoms with Gasteiger partial charge in [-0.25, -0.2) is 0 Å². The van der Waals surface area contributed by atoms with Crippen molar-refractivity contribution in [3.63, 3.8) is 0 Å². The summed E-state index contributed by atoms with van der Waals surface area (Å²) in [7, 11) is -2.27. The molecule has 0 aliphatic heterocycles. The van der Waals surface area contributed by atoms with Gasteiger partial charge in [0.2, 0.25) is 0 Å². The molecule has 0 atom stereocenters. The zero-order valence-corrected chi connectivity index (χ0v) is 9.97. The van der Waals surface area contributed by atoms with E-state index in [2.05, 4.69) is 19.6 Å². The average molecular weight is 262 g/mol. The molecule has 96 valence electrons. The monoisotopic (exact) mass is 262 g/mol. The van der Waals surface area contributed by atoms with Crippen molar-refractivity contribution >= 4 is 21.9 Å². The Morgan fingerprint density at radius 3 is 3.00 bits per heavy atom. The van der Waals surface area contributed by atoms with Gasteiger partial charge >= 0.3 is 0 Å². The molecule has 0 aromatic carbocycles. The molecule has 1 heterocycles. The van der Waals surface area contributed by atoms with Crippen LogP contribution < -0.4 is 15.2 Å². The Hall–Kier alpha value is -1.65. The molecule has 6 N–H and O–H groups in total. The van der Waals surface area contributed by atoms with Crippen LogP contribution in [0.25, 0.3) is 0 Å². The summed E-state index contributed by atoms with van der Waals surface area (Å²) in [5.74, 6) is -0.240. The number of ether oxygens (including phenoxy) is 1. The van der Waals surface area contributed by atoms with Crippen LogP contribution in [0.1, 0.15) is 5.56 Å². The van der Waals surface area contributed by atoms with Gasteiger partial charge in [-0.3, -0.25) is 15.2 Å². The maximum atomic E-state index is 11.5. The first-order valence-electron chi connectivity index (χ1n) is 4.60. The molecule has 0 saturated carbocycles. The van der Waals surface area contributed by atoms with E-state index in [4.69, 9.17) is 15.9 Å². The quantitative estimate of drug-likeness (QED) is 0.233. The maximum Gasteiger partial charge on any atom is 0.300 e. The molecule has 0 saturated heterocycles. The minimum atomic E-state index is -3.74. The number of amidine groups is 1. The van der Waals surface area contributed by atoms with Crippen molar-refractivity contribution in [2.45, 2.75) is 0 Å². The maximum absolute atomic E-state index is 11.5. The van der Waals surface area contributed by atoms with Crippen LogP contribution in [0.15, 0.2) is 6.20 Å². The van der Waals surface area contributed by atoms with Crippen LogP contribution in [-0.4, -0.2) is 44.7 Å². The first-order valence-corrected chi connectivity index (χ1v) is 6.08. The minimum absolute atomic E-state index is 0.0439. The lowest BCUT2D eigenvalue weighted by Crippen LogP contribution is -2.33. The second-order valence-corrected chi connectivity index (χ2v) is 4.56. The Morgan fingerprint density at radius 1 is 1.71 bits per heavy atom. The largest absolute Gasteiger partial charge is 0.384 e. The Balaban J connectivity index is 2.69. The average Bonchev–Trinajstić information content (AvgIpc) is 2.65. The van der Waals surface area contributed by atoms with E-state index in [1.54, 1.807) is 0 Å². The summed E-state index contributed by atoms with van der Waals surface area (Å²) in [6, 6.07) is 0. The SMILES string of the molecule is COCCNS(=O)(=O)Nc1[nH]ncc1C(=N)N. The van der Waals surface area contributed by atoms with Crippen molar-refractivity contribution in [2.24, 2.45) is 5.73 Å². The smallest absolute Gasteiger partial charge is 0.300 e. The number of nitrogen functional groups attached to an aromatic ring is 1. The summed E-state index contributed by atoms with van der Waals surface area (Å²) in [4.78, 5) is 0. The molecule has 0 spiro atoms. The normalized spacial score (nSPS) is 11.4. The van der Waals surface area contributed by atoms with Crippen LogP contribution in [0.3, 0.4) is 0 Å². The van der Waals surface area contributed by atoms with Crippen molar-refractivity contribution in [3.05, 3.63) is 11.8 Å². The zero-order valence-electron chi connectivity index (χ0n) is 9.15. The minimum Gasteiger partial charge on any atom is -0.384 e. The van der Waals surface area contributed by atoms with E-state index < -0.39 is 10.2 Å². The van der Waals surface area contributed by atoms with Crippen LogP contribution in [-0.2, 0) is 14.9 Å². The number of nitrogens with one attached hydrogen (secondary N) is 4. The van der Waals surface area contributed by atoms with Crippen LogP contribution in [0.5, 0.6) is 0 Å². The highest BCUT2D eigenvalue weighted by atomic mass is 32.2. The standard InChI is InChI=1S/C7H14N6O3S/c1-16-3-2-11-17(14,15)13-7-5(6(8)9)4-10-12-7/h4,11H,2-3H2,1H3,(H3,8,9)(H2,10,12,13). The van der Waals surface area contributed by atoms with Gasteiger partial charge in [0, 0.05) is 13.7 Å². The third-order valence-electron chi connectivity index (χ3n) is 1.76. The molecule has 9 nitrogen and oxygen atoms in total. The van der Waals surface area contributed by atoms with E-state index in [1.165, 1.54) is 13.3 Å². The van der Waals surface area contributed by atoms with E-state index in [1.807, 2.05) is 0 Å². The van der Waals surface area contributed by atoms with Gasteiger partial charge in [-0.2, -0.15) is 18.2 Å². The number of aromatic nitrogens is 2. The van der Waals surface area contributed by atoms with Gasteiger partial charge in [0.1, 0.15) is 11.7 Å². The molecule has 0 unspecified atom stereocenters.